The summed E-state index contributed by atoms with van der Waals surface area (Å²) in [5.74, 6) is 1.65. The number of hydrogen-bond acceptors (Lipinski definition) is 4. The van der Waals surface area contributed by atoms with Gasteiger partial charge in [-0.2, -0.15) is 0 Å². The van der Waals surface area contributed by atoms with Crippen LogP contribution < -0.4 is 5.32 Å². The molecule has 2 atom stereocenters. The topological polar surface area (TPSA) is 77.4 Å². The molecule has 1 amide bonds. The number of hydrogen-bond donors (Lipinski definition) is 2. The summed E-state index contributed by atoms with van der Waals surface area (Å²) in [5.41, 5.74) is 0. The number of rotatable bonds is 4. The Morgan fingerprint density at radius 1 is 1.12 bits per heavy atom. The smallest absolute Gasteiger partial charge is 0.225 e. The van der Waals surface area contributed by atoms with Gasteiger partial charge in [-0.1, -0.05) is 6.42 Å². The van der Waals surface area contributed by atoms with Crippen LogP contribution in [0.3, 0.4) is 0 Å². The van der Waals surface area contributed by atoms with Gasteiger partial charge in [-0.05, 0) is 32.6 Å². The fraction of sp³-hybridized carbons (Fsp3) is 0.895. The Labute approximate surface area is 156 Å². The number of amides is 1. The summed E-state index contributed by atoms with van der Waals surface area (Å²) in [6, 6.07) is 0. The number of ether oxygens (including phenoxy) is 1. The summed E-state index contributed by atoms with van der Waals surface area (Å²) in [4.78, 5) is 21.7. The highest BCUT2D eigenvalue weighted by molar-refractivity contribution is 5.82. The Kier molecular flexibility index (Phi) is 7.14. The molecule has 2 aliphatic heterocycles. The molecule has 0 aromatic heterocycles. The van der Waals surface area contributed by atoms with Crippen molar-refractivity contribution >= 4 is 11.9 Å². The van der Waals surface area contributed by atoms with E-state index in [0.29, 0.717) is 31.6 Å². The van der Waals surface area contributed by atoms with Crippen molar-refractivity contribution in [2.45, 2.75) is 45.1 Å². The van der Waals surface area contributed by atoms with Crippen LogP contribution in [0, 0.1) is 11.8 Å². The third kappa shape index (κ3) is 4.88. The second kappa shape index (κ2) is 9.55. The number of nitrogens with one attached hydrogen (secondary N) is 1. The summed E-state index contributed by atoms with van der Waals surface area (Å²) < 4.78 is 5.35. The quantitative estimate of drug-likeness (QED) is 0.565. The number of likely N-dealkylation sites (tertiary alicyclic amines) is 1. The van der Waals surface area contributed by atoms with Gasteiger partial charge >= 0.3 is 0 Å². The molecule has 3 fully saturated rings. The minimum absolute atomic E-state index is 0.129. The number of carbonyl (C=O) groups excluding carboxylic acids is 1. The predicted molar refractivity (Wildman–Crippen MR) is 101 cm³/mol. The van der Waals surface area contributed by atoms with Crippen molar-refractivity contribution in [1.29, 1.82) is 0 Å². The zero-order valence-electron chi connectivity index (χ0n) is 16.0. The molecule has 26 heavy (non-hydrogen) atoms. The van der Waals surface area contributed by atoms with Crippen LogP contribution >= 0.6 is 0 Å². The lowest BCUT2D eigenvalue weighted by Crippen LogP contribution is -2.50. The van der Waals surface area contributed by atoms with Crippen molar-refractivity contribution in [3.63, 3.8) is 0 Å². The first-order valence-electron chi connectivity index (χ1n) is 10.3. The highest BCUT2D eigenvalue weighted by atomic mass is 16.5. The number of piperidine rings is 1. The van der Waals surface area contributed by atoms with Gasteiger partial charge < -0.3 is 25.0 Å². The van der Waals surface area contributed by atoms with E-state index < -0.39 is 0 Å². The number of aliphatic imine (C=N–C) groups is 1. The highest BCUT2D eigenvalue weighted by Gasteiger charge is 2.31. The van der Waals surface area contributed by atoms with Crippen LogP contribution in [0.2, 0.25) is 0 Å². The van der Waals surface area contributed by atoms with E-state index in [1.807, 2.05) is 4.90 Å². The van der Waals surface area contributed by atoms with Crippen LogP contribution in [0.25, 0.3) is 0 Å². The van der Waals surface area contributed by atoms with Crippen molar-refractivity contribution in [3.05, 3.63) is 0 Å². The maximum Gasteiger partial charge on any atom is 0.225 e. The van der Waals surface area contributed by atoms with Crippen LogP contribution in [0.5, 0.6) is 0 Å². The average molecular weight is 367 g/mol. The molecule has 1 saturated carbocycles. The van der Waals surface area contributed by atoms with Crippen molar-refractivity contribution in [2.24, 2.45) is 16.8 Å². The van der Waals surface area contributed by atoms with E-state index in [-0.39, 0.29) is 12.0 Å². The van der Waals surface area contributed by atoms with E-state index in [9.17, 15) is 9.90 Å². The summed E-state index contributed by atoms with van der Waals surface area (Å²) in [6.07, 6.45) is 4.65. The van der Waals surface area contributed by atoms with Gasteiger partial charge in [-0.25, -0.2) is 0 Å². The van der Waals surface area contributed by atoms with Gasteiger partial charge in [-0.15, -0.1) is 0 Å². The SMILES string of the molecule is CCNC(=NCC1CCCC1O)N1CCC(C(=O)N2CCOCC2)CC1. The third-order valence-electron chi connectivity index (χ3n) is 5.90. The minimum Gasteiger partial charge on any atom is -0.393 e. The highest BCUT2D eigenvalue weighted by Crippen LogP contribution is 2.26. The number of aliphatic hydroxyl groups is 1. The van der Waals surface area contributed by atoms with Gasteiger partial charge in [0.2, 0.25) is 5.91 Å². The number of guanidine groups is 1. The Morgan fingerprint density at radius 3 is 2.46 bits per heavy atom. The molecule has 2 unspecified atom stereocenters. The minimum atomic E-state index is -0.196. The lowest BCUT2D eigenvalue weighted by molar-refractivity contribution is -0.140. The molecular formula is C19H34N4O3. The van der Waals surface area contributed by atoms with E-state index in [4.69, 9.17) is 9.73 Å². The first-order valence-corrected chi connectivity index (χ1v) is 10.3. The predicted octanol–water partition coefficient (Wildman–Crippen LogP) is 0.684. The molecule has 2 saturated heterocycles. The van der Waals surface area contributed by atoms with Crippen LogP contribution in [-0.4, -0.2) is 85.4 Å². The zero-order valence-corrected chi connectivity index (χ0v) is 16.0. The Morgan fingerprint density at radius 2 is 1.85 bits per heavy atom. The van der Waals surface area contributed by atoms with Gasteiger partial charge in [0.25, 0.3) is 0 Å². The summed E-state index contributed by atoms with van der Waals surface area (Å²) in [6.45, 7) is 8.10. The molecule has 0 spiro atoms. The molecule has 3 rings (SSSR count). The standard InChI is InChI=1S/C19H34N4O3/c1-2-20-19(21-14-16-4-3-5-17(16)24)23-8-6-15(7-9-23)18(25)22-10-12-26-13-11-22/h15-17,24H,2-14H2,1H3,(H,20,21). The fourth-order valence-electron chi connectivity index (χ4n) is 4.24. The van der Waals surface area contributed by atoms with Gasteiger partial charge in [0.15, 0.2) is 5.96 Å². The molecule has 1 aliphatic carbocycles. The molecule has 148 valence electrons. The zero-order chi connectivity index (χ0) is 18.4. The Bertz CT molecular complexity index is 485. The average Bonchev–Trinajstić information content (AvgIpc) is 3.10. The van der Waals surface area contributed by atoms with Crippen molar-refractivity contribution in [1.82, 2.24) is 15.1 Å². The number of nitrogens with zero attached hydrogens (tertiary/aromatic N) is 3. The van der Waals surface area contributed by atoms with Crippen LogP contribution in [0.15, 0.2) is 4.99 Å². The number of morpholine rings is 1. The van der Waals surface area contributed by atoms with Crippen LogP contribution in [0.4, 0.5) is 0 Å². The van der Waals surface area contributed by atoms with E-state index in [1.54, 1.807) is 0 Å². The molecule has 0 aromatic carbocycles. The summed E-state index contributed by atoms with van der Waals surface area (Å²) in [5, 5.41) is 13.4. The molecule has 0 bridgehead atoms. The third-order valence-corrected chi connectivity index (χ3v) is 5.90. The second-order valence-corrected chi connectivity index (χ2v) is 7.65. The molecule has 0 aromatic rings. The van der Waals surface area contributed by atoms with Gasteiger partial charge in [-0.3, -0.25) is 9.79 Å². The Balaban J connectivity index is 1.51. The maximum absolute atomic E-state index is 12.7. The molecular weight excluding hydrogens is 332 g/mol. The summed E-state index contributed by atoms with van der Waals surface area (Å²) >= 11 is 0. The van der Waals surface area contributed by atoms with Crippen molar-refractivity contribution < 1.29 is 14.6 Å². The first kappa shape index (κ1) is 19.4. The molecule has 0 radical (unpaired) electrons. The molecule has 2 heterocycles. The lowest BCUT2D eigenvalue weighted by Gasteiger charge is -2.36. The molecule has 7 nitrogen and oxygen atoms in total. The van der Waals surface area contributed by atoms with E-state index >= 15 is 0 Å². The maximum atomic E-state index is 12.7. The lowest BCUT2D eigenvalue weighted by atomic mass is 9.95. The summed E-state index contributed by atoms with van der Waals surface area (Å²) in [7, 11) is 0. The first-order chi connectivity index (χ1) is 12.7. The van der Waals surface area contributed by atoms with Gasteiger partial charge in [0, 0.05) is 51.1 Å². The largest absolute Gasteiger partial charge is 0.393 e. The van der Waals surface area contributed by atoms with Crippen LogP contribution in [0.1, 0.15) is 39.0 Å². The Hall–Kier alpha value is -1.34. The van der Waals surface area contributed by atoms with Gasteiger partial charge in [0.05, 0.1) is 19.3 Å². The number of carbonyl (C=O) groups is 1. The van der Waals surface area contributed by atoms with Gasteiger partial charge in [0.1, 0.15) is 0 Å². The molecule has 3 aliphatic rings. The van der Waals surface area contributed by atoms with Crippen molar-refractivity contribution in [3.8, 4) is 0 Å². The van der Waals surface area contributed by atoms with E-state index in [2.05, 4.69) is 17.1 Å². The van der Waals surface area contributed by atoms with Crippen molar-refractivity contribution in [2.75, 3.05) is 52.5 Å². The molecule has 2 N–H and O–H groups in total. The monoisotopic (exact) mass is 366 g/mol. The fourth-order valence-corrected chi connectivity index (χ4v) is 4.24. The van der Waals surface area contributed by atoms with E-state index in [0.717, 1.165) is 70.8 Å². The molecule has 7 heteroatoms. The number of aliphatic hydroxyl groups excluding tert-OH is 1. The normalized spacial score (nSPS) is 28.5. The second-order valence-electron chi connectivity index (χ2n) is 7.65. The van der Waals surface area contributed by atoms with Crippen LogP contribution in [-0.2, 0) is 9.53 Å². The van der Waals surface area contributed by atoms with E-state index in [1.165, 1.54) is 0 Å².